The molecule has 106 valence electrons. The Balaban J connectivity index is 3.05. The second-order valence-corrected chi connectivity index (χ2v) is 4.51. The summed E-state index contributed by atoms with van der Waals surface area (Å²) in [4.78, 5) is 13.0. The number of carbonyl (C=O) groups is 1. The quantitative estimate of drug-likeness (QED) is 0.753. The molecule has 0 heterocycles. The van der Waals surface area contributed by atoms with E-state index < -0.39 is 5.91 Å². The predicted octanol–water partition coefficient (Wildman–Crippen LogP) is 1.64. The van der Waals surface area contributed by atoms with Gasteiger partial charge in [0, 0.05) is 24.3 Å². The van der Waals surface area contributed by atoms with Gasteiger partial charge in [-0.2, -0.15) is 0 Å². The van der Waals surface area contributed by atoms with Crippen LogP contribution in [0.15, 0.2) is 18.2 Å². The normalized spacial score (nSPS) is 10.5. The van der Waals surface area contributed by atoms with Gasteiger partial charge in [0.2, 0.25) is 5.91 Å². The van der Waals surface area contributed by atoms with Crippen LogP contribution in [-0.2, 0) is 11.3 Å². The minimum Gasteiger partial charge on any atom is -0.368 e. The van der Waals surface area contributed by atoms with Crippen molar-refractivity contribution >= 4 is 11.6 Å². The van der Waals surface area contributed by atoms with Crippen LogP contribution in [0, 0.1) is 5.82 Å². The first-order chi connectivity index (χ1) is 9.10. The molecular formula is C14H22FN3O. The molecule has 0 fully saturated rings. The monoisotopic (exact) mass is 267 g/mol. The highest BCUT2D eigenvalue weighted by Gasteiger charge is 2.15. The number of benzene rings is 1. The molecule has 5 heteroatoms. The van der Waals surface area contributed by atoms with Crippen molar-refractivity contribution in [1.82, 2.24) is 5.32 Å². The van der Waals surface area contributed by atoms with E-state index in [4.69, 9.17) is 5.73 Å². The molecule has 4 nitrogen and oxygen atoms in total. The van der Waals surface area contributed by atoms with Crippen molar-refractivity contribution in [3.05, 3.63) is 29.6 Å². The number of nitrogens with one attached hydrogen (secondary N) is 1. The van der Waals surface area contributed by atoms with Crippen LogP contribution in [0.1, 0.15) is 25.3 Å². The minimum atomic E-state index is -0.407. The standard InChI is InChI=1S/C14H22FN3O/c1-3-4-8-18(10-14(16)19)13-7-5-6-12(15)11(13)9-17-2/h5-7,17H,3-4,8-10H2,1-2H3,(H2,16,19). The highest BCUT2D eigenvalue weighted by Crippen LogP contribution is 2.23. The van der Waals surface area contributed by atoms with Crippen molar-refractivity contribution in [1.29, 1.82) is 0 Å². The zero-order valence-corrected chi connectivity index (χ0v) is 11.6. The molecule has 0 aliphatic carbocycles. The lowest BCUT2D eigenvalue weighted by Crippen LogP contribution is -2.35. The van der Waals surface area contributed by atoms with Crippen LogP contribution >= 0.6 is 0 Å². The molecule has 1 aromatic carbocycles. The number of unbranched alkanes of at least 4 members (excludes halogenated alkanes) is 1. The molecule has 0 saturated carbocycles. The summed E-state index contributed by atoms with van der Waals surface area (Å²) in [5.41, 5.74) is 6.58. The third kappa shape index (κ3) is 4.52. The summed E-state index contributed by atoms with van der Waals surface area (Å²) < 4.78 is 13.9. The minimum absolute atomic E-state index is 0.111. The van der Waals surface area contributed by atoms with Gasteiger partial charge in [-0.3, -0.25) is 4.79 Å². The van der Waals surface area contributed by atoms with Gasteiger partial charge in [0.05, 0.1) is 6.54 Å². The van der Waals surface area contributed by atoms with Crippen molar-refractivity contribution in [3.63, 3.8) is 0 Å². The molecule has 3 N–H and O–H groups in total. The van der Waals surface area contributed by atoms with Crippen molar-refractivity contribution in [2.45, 2.75) is 26.3 Å². The summed E-state index contributed by atoms with van der Waals surface area (Å²) in [6.45, 7) is 3.30. The van der Waals surface area contributed by atoms with E-state index >= 15 is 0 Å². The molecule has 0 aliphatic heterocycles. The highest BCUT2D eigenvalue weighted by atomic mass is 19.1. The van der Waals surface area contributed by atoms with Crippen LogP contribution in [-0.4, -0.2) is 26.0 Å². The second kappa shape index (κ2) is 7.74. The molecule has 0 unspecified atom stereocenters. The molecule has 0 atom stereocenters. The van der Waals surface area contributed by atoms with E-state index in [2.05, 4.69) is 12.2 Å². The summed E-state index contributed by atoms with van der Waals surface area (Å²) in [6, 6.07) is 4.91. The molecule has 1 aromatic rings. The Morgan fingerprint density at radius 3 is 2.79 bits per heavy atom. The third-order valence-corrected chi connectivity index (χ3v) is 2.92. The fourth-order valence-electron chi connectivity index (χ4n) is 2.02. The van der Waals surface area contributed by atoms with Crippen LogP contribution in [0.4, 0.5) is 10.1 Å². The number of nitrogens with two attached hydrogens (primary N) is 1. The van der Waals surface area contributed by atoms with E-state index in [0.29, 0.717) is 18.7 Å². The molecule has 0 aliphatic rings. The topological polar surface area (TPSA) is 58.4 Å². The zero-order valence-electron chi connectivity index (χ0n) is 11.6. The smallest absolute Gasteiger partial charge is 0.236 e. The Kier molecular flexibility index (Phi) is 6.29. The number of nitrogens with zero attached hydrogens (tertiary/aromatic N) is 1. The molecule has 0 bridgehead atoms. The number of rotatable bonds is 8. The zero-order chi connectivity index (χ0) is 14.3. The fourth-order valence-corrected chi connectivity index (χ4v) is 2.02. The maximum absolute atomic E-state index is 13.9. The van der Waals surface area contributed by atoms with Crippen LogP contribution in [0.5, 0.6) is 0 Å². The Labute approximate surface area is 113 Å². The van der Waals surface area contributed by atoms with E-state index in [-0.39, 0.29) is 12.4 Å². The van der Waals surface area contributed by atoms with Gasteiger partial charge in [-0.25, -0.2) is 4.39 Å². The van der Waals surface area contributed by atoms with E-state index in [1.54, 1.807) is 13.1 Å². The van der Waals surface area contributed by atoms with Gasteiger partial charge >= 0.3 is 0 Å². The summed E-state index contributed by atoms with van der Waals surface area (Å²) in [6.07, 6.45) is 1.94. The number of primary amides is 1. The summed E-state index contributed by atoms with van der Waals surface area (Å²) in [7, 11) is 1.76. The molecule has 19 heavy (non-hydrogen) atoms. The van der Waals surface area contributed by atoms with E-state index in [9.17, 15) is 9.18 Å². The lowest BCUT2D eigenvalue weighted by molar-refractivity contribution is -0.116. The predicted molar refractivity (Wildman–Crippen MR) is 75.5 cm³/mol. The molecule has 0 aromatic heterocycles. The molecular weight excluding hydrogens is 245 g/mol. The lowest BCUT2D eigenvalue weighted by Gasteiger charge is -2.26. The Bertz CT molecular complexity index is 423. The van der Waals surface area contributed by atoms with Gasteiger partial charge < -0.3 is 16.0 Å². The van der Waals surface area contributed by atoms with Crippen LogP contribution in [0.25, 0.3) is 0 Å². The molecule has 1 amide bonds. The van der Waals surface area contributed by atoms with Crippen LogP contribution in [0.2, 0.25) is 0 Å². The number of hydrogen-bond donors (Lipinski definition) is 2. The number of amides is 1. The largest absolute Gasteiger partial charge is 0.368 e. The van der Waals surface area contributed by atoms with Crippen LogP contribution < -0.4 is 16.0 Å². The molecule has 0 spiro atoms. The first-order valence-electron chi connectivity index (χ1n) is 6.55. The average molecular weight is 267 g/mol. The first kappa shape index (κ1) is 15.4. The summed E-state index contributed by atoms with van der Waals surface area (Å²) in [5.74, 6) is -0.673. The number of halogens is 1. The van der Waals surface area contributed by atoms with Gasteiger partial charge in [-0.05, 0) is 25.6 Å². The third-order valence-electron chi connectivity index (χ3n) is 2.92. The van der Waals surface area contributed by atoms with Crippen LogP contribution in [0.3, 0.4) is 0 Å². The lowest BCUT2D eigenvalue weighted by atomic mass is 10.1. The van der Waals surface area contributed by atoms with Crippen molar-refractivity contribution in [2.75, 3.05) is 25.0 Å². The number of carbonyl (C=O) groups excluding carboxylic acids is 1. The van der Waals surface area contributed by atoms with E-state index in [1.807, 2.05) is 11.0 Å². The Hall–Kier alpha value is -1.62. The average Bonchev–Trinajstić information content (AvgIpc) is 2.37. The maximum Gasteiger partial charge on any atom is 0.236 e. The maximum atomic E-state index is 13.9. The van der Waals surface area contributed by atoms with E-state index in [1.165, 1.54) is 6.07 Å². The SMILES string of the molecule is CCCCN(CC(N)=O)c1cccc(F)c1CNC. The second-order valence-electron chi connectivity index (χ2n) is 4.51. The van der Waals surface area contributed by atoms with Crippen molar-refractivity contribution in [2.24, 2.45) is 5.73 Å². The Morgan fingerprint density at radius 1 is 1.47 bits per heavy atom. The fraction of sp³-hybridized carbons (Fsp3) is 0.500. The van der Waals surface area contributed by atoms with E-state index in [0.717, 1.165) is 18.5 Å². The number of anilines is 1. The molecule has 1 rings (SSSR count). The molecule has 0 radical (unpaired) electrons. The Morgan fingerprint density at radius 2 is 2.21 bits per heavy atom. The number of hydrogen-bond acceptors (Lipinski definition) is 3. The van der Waals surface area contributed by atoms with Gasteiger partial charge in [-0.1, -0.05) is 19.4 Å². The van der Waals surface area contributed by atoms with Crippen molar-refractivity contribution in [3.8, 4) is 0 Å². The van der Waals surface area contributed by atoms with Gasteiger partial charge in [0.25, 0.3) is 0 Å². The van der Waals surface area contributed by atoms with Gasteiger partial charge in [0.1, 0.15) is 5.82 Å². The molecule has 0 saturated heterocycles. The van der Waals surface area contributed by atoms with Gasteiger partial charge in [-0.15, -0.1) is 0 Å². The summed E-state index contributed by atoms with van der Waals surface area (Å²) in [5, 5.41) is 2.95. The van der Waals surface area contributed by atoms with Crippen molar-refractivity contribution < 1.29 is 9.18 Å². The van der Waals surface area contributed by atoms with Gasteiger partial charge in [0.15, 0.2) is 0 Å². The summed E-state index contributed by atoms with van der Waals surface area (Å²) >= 11 is 0. The first-order valence-corrected chi connectivity index (χ1v) is 6.55. The highest BCUT2D eigenvalue weighted by molar-refractivity contribution is 5.80.